The van der Waals surface area contributed by atoms with Gasteiger partial charge in [0.15, 0.2) is 0 Å². The van der Waals surface area contributed by atoms with Crippen molar-refractivity contribution in [3.63, 3.8) is 0 Å². The van der Waals surface area contributed by atoms with Crippen molar-refractivity contribution in [1.29, 1.82) is 0 Å². The molecule has 0 aliphatic carbocycles. The van der Waals surface area contributed by atoms with Gasteiger partial charge in [0, 0.05) is 32.4 Å². The molecule has 3 heteroatoms. The molecule has 17 heavy (non-hydrogen) atoms. The predicted molar refractivity (Wildman–Crippen MR) is 71.4 cm³/mol. The summed E-state index contributed by atoms with van der Waals surface area (Å²) in [6.07, 6.45) is 2.70. The zero-order valence-electron chi connectivity index (χ0n) is 10.8. The van der Waals surface area contributed by atoms with Gasteiger partial charge < -0.3 is 15.4 Å². The quantitative estimate of drug-likeness (QED) is 0.819. The molecule has 0 saturated carbocycles. The van der Waals surface area contributed by atoms with Crippen molar-refractivity contribution < 1.29 is 4.74 Å². The number of methoxy groups -OCH3 is 1. The number of benzene rings is 1. The van der Waals surface area contributed by atoms with E-state index in [9.17, 15) is 0 Å². The second-order valence-electron chi connectivity index (χ2n) is 4.65. The first-order chi connectivity index (χ1) is 8.31. The average Bonchev–Trinajstić information content (AvgIpc) is 2.39. The maximum absolute atomic E-state index is 5.23. The number of hydrogen-bond acceptors (Lipinski definition) is 3. The fourth-order valence-electron chi connectivity index (χ4n) is 2.24. The molecule has 0 spiro atoms. The van der Waals surface area contributed by atoms with Gasteiger partial charge in [0.25, 0.3) is 0 Å². The van der Waals surface area contributed by atoms with E-state index in [0.717, 1.165) is 19.6 Å². The van der Waals surface area contributed by atoms with Gasteiger partial charge in [-0.1, -0.05) is 12.1 Å². The Hall–Kier alpha value is -1.06. The normalized spacial score (nSPS) is 16.1. The highest BCUT2D eigenvalue weighted by molar-refractivity contribution is 5.56. The van der Waals surface area contributed by atoms with E-state index in [0.29, 0.717) is 0 Å². The first-order valence-electron chi connectivity index (χ1n) is 6.39. The van der Waals surface area contributed by atoms with Crippen LogP contribution in [0.25, 0.3) is 0 Å². The third kappa shape index (κ3) is 3.20. The van der Waals surface area contributed by atoms with Crippen LogP contribution in [0.1, 0.15) is 24.5 Å². The van der Waals surface area contributed by atoms with Gasteiger partial charge in [-0.05, 0) is 37.0 Å². The maximum Gasteiger partial charge on any atom is 0.0667 e. The number of fused-ring (bicyclic) bond motifs is 1. The van der Waals surface area contributed by atoms with Crippen molar-refractivity contribution in [3.8, 4) is 0 Å². The molecule has 94 valence electrons. The molecule has 0 amide bonds. The molecule has 1 aromatic carbocycles. The van der Waals surface area contributed by atoms with E-state index in [1.165, 1.54) is 29.7 Å². The number of anilines is 1. The van der Waals surface area contributed by atoms with Crippen LogP contribution in [0.15, 0.2) is 18.2 Å². The molecule has 0 bridgehead atoms. The molecule has 0 fully saturated rings. The molecule has 1 unspecified atom stereocenters. The van der Waals surface area contributed by atoms with E-state index >= 15 is 0 Å². The van der Waals surface area contributed by atoms with Crippen LogP contribution in [-0.4, -0.2) is 26.3 Å². The minimum Gasteiger partial charge on any atom is -0.385 e. The van der Waals surface area contributed by atoms with Gasteiger partial charge >= 0.3 is 0 Å². The van der Waals surface area contributed by atoms with Crippen LogP contribution in [0.2, 0.25) is 0 Å². The van der Waals surface area contributed by atoms with Gasteiger partial charge in [-0.2, -0.15) is 0 Å². The second kappa shape index (κ2) is 6.03. The van der Waals surface area contributed by atoms with E-state index in [1.54, 1.807) is 7.11 Å². The van der Waals surface area contributed by atoms with Crippen LogP contribution in [0, 0.1) is 0 Å². The molecule has 1 heterocycles. The minimum absolute atomic E-state index is 0.271. The van der Waals surface area contributed by atoms with Crippen molar-refractivity contribution in [3.05, 3.63) is 29.3 Å². The Balaban J connectivity index is 1.96. The van der Waals surface area contributed by atoms with Gasteiger partial charge in [0.05, 0.1) is 6.10 Å². The van der Waals surface area contributed by atoms with E-state index in [-0.39, 0.29) is 6.10 Å². The zero-order valence-corrected chi connectivity index (χ0v) is 10.8. The molecule has 0 aromatic heterocycles. The third-order valence-corrected chi connectivity index (χ3v) is 3.34. The second-order valence-corrected chi connectivity index (χ2v) is 4.65. The monoisotopic (exact) mass is 234 g/mol. The smallest absolute Gasteiger partial charge is 0.0667 e. The highest BCUT2D eigenvalue weighted by Crippen LogP contribution is 2.25. The summed E-state index contributed by atoms with van der Waals surface area (Å²) in [6.45, 7) is 5.01. The Morgan fingerprint density at radius 2 is 2.35 bits per heavy atom. The average molecular weight is 234 g/mol. The lowest BCUT2D eigenvalue weighted by Crippen LogP contribution is -2.26. The summed E-state index contributed by atoms with van der Waals surface area (Å²) < 4.78 is 5.23. The van der Waals surface area contributed by atoms with E-state index in [2.05, 4.69) is 35.8 Å². The molecule has 1 aromatic rings. The van der Waals surface area contributed by atoms with E-state index < -0.39 is 0 Å². The lowest BCUT2D eigenvalue weighted by molar-refractivity contribution is 0.117. The fourth-order valence-corrected chi connectivity index (χ4v) is 2.24. The Kier molecular flexibility index (Phi) is 4.40. The van der Waals surface area contributed by atoms with Crippen LogP contribution in [-0.2, 0) is 17.7 Å². The van der Waals surface area contributed by atoms with Crippen molar-refractivity contribution >= 4 is 5.69 Å². The van der Waals surface area contributed by atoms with Gasteiger partial charge in [0.1, 0.15) is 0 Å². The molecular weight excluding hydrogens is 212 g/mol. The van der Waals surface area contributed by atoms with E-state index in [1.807, 2.05) is 0 Å². The third-order valence-electron chi connectivity index (χ3n) is 3.34. The highest BCUT2D eigenvalue weighted by Gasteiger charge is 2.11. The van der Waals surface area contributed by atoms with Gasteiger partial charge in [-0.15, -0.1) is 0 Å². The Bertz CT molecular complexity index is 365. The van der Waals surface area contributed by atoms with Gasteiger partial charge in [-0.25, -0.2) is 0 Å². The number of nitrogens with one attached hydrogen (secondary N) is 2. The molecule has 0 saturated heterocycles. The standard InChI is InChI=1S/C14H22N2O/c1-11(17-2)9-15-10-12-5-3-7-14-13(12)6-4-8-16-14/h3,5,7,11,15-16H,4,6,8-10H2,1-2H3. The molecule has 2 N–H and O–H groups in total. The highest BCUT2D eigenvalue weighted by atomic mass is 16.5. The van der Waals surface area contributed by atoms with Crippen molar-refractivity contribution in [2.45, 2.75) is 32.4 Å². The summed E-state index contributed by atoms with van der Waals surface area (Å²) in [4.78, 5) is 0. The lowest BCUT2D eigenvalue weighted by Gasteiger charge is -2.21. The van der Waals surface area contributed by atoms with Crippen LogP contribution in [0.3, 0.4) is 0 Å². The fraction of sp³-hybridized carbons (Fsp3) is 0.571. The minimum atomic E-state index is 0.271. The summed E-state index contributed by atoms with van der Waals surface area (Å²) >= 11 is 0. The summed E-state index contributed by atoms with van der Waals surface area (Å²) in [7, 11) is 1.75. The first-order valence-corrected chi connectivity index (χ1v) is 6.39. The van der Waals surface area contributed by atoms with Crippen LogP contribution >= 0.6 is 0 Å². The Labute approximate surface area is 104 Å². The molecule has 3 nitrogen and oxygen atoms in total. The van der Waals surface area contributed by atoms with Crippen LogP contribution in [0.4, 0.5) is 5.69 Å². The van der Waals surface area contributed by atoms with Gasteiger partial charge in [0.2, 0.25) is 0 Å². The zero-order chi connectivity index (χ0) is 12.1. The first kappa shape index (κ1) is 12.4. The number of ether oxygens (including phenoxy) is 1. The predicted octanol–water partition coefficient (Wildman–Crippen LogP) is 2.17. The Morgan fingerprint density at radius 1 is 1.47 bits per heavy atom. The number of hydrogen-bond donors (Lipinski definition) is 2. The van der Waals surface area contributed by atoms with Crippen LogP contribution < -0.4 is 10.6 Å². The summed E-state index contributed by atoms with van der Waals surface area (Å²) in [5.41, 5.74) is 4.21. The molecule has 1 aliphatic heterocycles. The summed E-state index contributed by atoms with van der Waals surface area (Å²) in [5.74, 6) is 0. The van der Waals surface area contributed by atoms with E-state index in [4.69, 9.17) is 4.74 Å². The SMILES string of the molecule is COC(C)CNCc1cccc2c1CCCN2. The van der Waals surface area contributed by atoms with Crippen molar-refractivity contribution in [2.75, 3.05) is 25.5 Å². The largest absolute Gasteiger partial charge is 0.385 e. The number of rotatable bonds is 5. The molecule has 0 radical (unpaired) electrons. The molecule has 2 rings (SSSR count). The topological polar surface area (TPSA) is 33.3 Å². The molecule has 1 atom stereocenters. The van der Waals surface area contributed by atoms with Crippen LogP contribution in [0.5, 0.6) is 0 Å². The Morgan fingerprint density at radius 3 is 3.18 bits per heavy atom. The van der Waals surface area contributed by atoms with Crippen molar-refractivity contribution in [2.24, 2.45) is 0 Å². The van der Waals surface area contributed by atoms with Crippen molar-refractivity contribution in [1.82, 2.24) is 5.32 Å². The molecule has 1 aliphatic rings. The maximum atomic E-state index is 5.23. The summed E-state index contributed by atoms with van der Waals surface area (Å²) in [6, 6.07) is 6.53. The lowest BCUT2D eigenvalue weighted by atomic mass is 9.97. The summed E-state index contributed by atoms with van der Waals surface area (Å²) in [5, 5.41) is 6.91. The molecular formula is C14H22N2O. The van der Waals surface area contributed by atoms with Gasteiger partial charge in [-0.3, -0.25) is 0 Å².